The fourth-order valence-corrected chi connectivity index (χ4v) is 2.44. The fraction of sp³-hybridized carbons (Fsp3) is 0.263. The standard InChI is InChI=1S/C19H20N4O2/c1-14(2)13-25-17(24)12-23-19(16-6-4-3-5-7-16)18(21-22-23)15-8-10-20-11-9-15/h3-11,14H,12-13H2,1-2H3. The molecule has 0 aliphatic heterocycles. The lowest BCUT2D eigenvalue weighted by atomic mass is 10.1. The first kappa shape index (κ1) is 16.8. The highest BCUT2D eigenvalue weighted by Gasteiger charge is 2.19. The van der Waals surface area contributed by atoms with Crippen LogP contribution in [0.1, 0.15) is 13.8 Å². The summed E-state index contributed by atoms with van der Waals surface area (Å²) in [6, 6.07) is 13.5. The second-order valence-electron chi connectivity index (χ2n) is 6.12. The molecule has 0 aliphatic rings. The Morgan fingerprint density at radius 3 is 2.48 bits per heavy atom. The van der Waals surface area contributed by atoms with Crippen molar-refractivity contribution in [1.82, 2.24) is 20.0 Å². The first-order valence-corrected chi connectivity index (χ1v) is 8.20. The van der Waals surface area contributed by atoms with E-state index in [1.54, 1.807) is 17.1 Å². The molecule has 0 spiro atoms. The molecular weight excluding hydrogens is 316 g/mol. The molecule has 128 valence electrons. The van der Waals surface area contributed by atoms with Crippen LogP contribution in [0.25, 0.3) is 22.5 Å². The van der Waals surface area contributed by atoms with Gasteiger partial charge >= 0.3 is 5.97 Å². The van der Waals surface area contributed by atoms with Gasteiger partial charge in [0.15, 0.2) is 0 Å². The smallest absolute Gasteiger partial charge is 0.327 e. The van der Waals surface area contributed by atoms with Crippen LogP contribution >= 0.6 is 0 Å². The zero-order valence-electron chi connectivity index (χ0n) is 14.3. The SMILES string of the molecule is CC(C)COC(=O)Cn1nnc(-c2ccncc2)c1-c1ccccc1. The van der Waals surface area contributed by atoms with Crippen LogP contribution < -0.4 is 0 Å². The van der Waals surface area contributed by atoms with Gasteiger partial charge in [0.25, 0.3) is 0 Å². The summed E-state index contributed by atoms with van der Waals surface area (Å²) in [7, 11) is 0. The van der Waals surface area contributed by atoms with E-state index in [9.17, 15) is 4.79 Å². The summed E-state index contributed by atoms with van der Waals surface area (Å²) in [6.07, 6.45) is 3.42. The Bertz CT molecular complexity index is 829. The van der Waals surface area contributed by atoms with Gasteiger partial charge in [-0.1, -0.05) is 49.4 Å². The molecule has 6 nitrogen and oxygen atoms in total. The molecule has 2 heterocycles. The molecule has 0 atom stereocenters. The third kappa shape index (κ3) is 4.09. The largest absolute Gasteiger partial charge is 0.464 e. The number of carbonyl (C=O) groups is 1. The van der Waals surface area contributed by atoms with Gasteiger partial charge in [0.1, 0.15) is 12.2 Å². The Hall–Kier alpha value is -3.02. The van der Waals surface area contributed by atoms with Crippen LogP contribution in [0.3, 0.4) is 0 Å². The first-order chi connectivity index (χ1) is 12.1. The van der Waals surface area contributed by atoms with E-state index in [-0.39, 0.29) is 12.5 Å². The van der Waals surface area contributed by atoms with E-state index in [4.69, 9.17) is 4.74 Å². The molecule has 0 saturated carbocycles. The number of rotatable bonds is 6. The molecule has 0 unspecified atom stereocenters. The van der Waals surface area contributed by atoms with Crippen molar-refractivity contribution in [2.75, 3.05) is 6.61 Å². The molecule has 0 saturated heterocycles. The van der Waals surface area contributed by atoms with E-state index in [0.29, 0.717) is 18.2 Å². The van der Waals surface area contributed by atoms with E-state index in [2.05, 4.69) is 15.3 Å². The number of esters is 1. The van der Waals surface area contributed by atoms with Gasteiger partial charge in [0, 0.05) is 23.5 Å². The molecule has 3 aromatic rings. The average molecular weight is 336 g/mol. The highest BCUT2D eigenvalue weighted by atomic mass is 16.5. The van der Waals surface area contributed by atoms with Crippen molar-refractivity contribution in [3.05, 3.63) is 54.9 Å². The number of ether oxygens (including phenoxy) is 1. The Balaban J connectivity index is 1.96. The molecule has 2 aromatic heterocycles. The first-order valence-electron chi connectivity index (χ1n) is 8.20. The maximum absolute atomic E-state index is 12.1. The van der Waals surface area contributed by atoms with Gasteiger partial charge in [-0.3, -0.25) is 9.78 Å². The quantitative estimate of drug-likeness (QED) is 0.647. The van der Waals surface area contributed by atoms with E-state index < -0.39 is 0 Å². The van der Waals surface area contributed by atoms with Crippen LogP contribution in [0.2, 0.25) is 0 Å². The summed E-state index contributed by atoms with van der Waals surface area (Å²) < 4.78 is 6.87. The van der Waals surface area contributed by atoms with Crippen molar-refractivity contribution >= 4 is 5.97 Å². The maximum atomic E-state index is 12.1. The molecule has 0 fully saturated rings. The Morgan fingerprint density at radius 1 is 1.08 bits per heavy atom. The zero-order chi connectivity index (χ0) is 17.6. The van der Waals surface area contributed by atoms with Crippen molar-refractivity contribution in [2.45, 2.75) is 20.4 Å². The zero-order valence-corrected chi connectivity index (χ0v) is 14.3. The molecule has 6 heteroatoms. The van der Waals surface area contributed by atoms with Crippen LogP contribution in [0, 0.1) is 5.92 Å². The third-order valence-electron chi connectivity index (χ3n) is 3.59. The maximum Gasteiger partial charge on any atom is 0.327 e. The molecule has 25 heavy (non-hydrogen) atoms. The molecular formula is C19H20N4O2. The number of pyridine rings is 1. The molecule has 0 bridgehead atoms. The van der Waals surface area contributed by atoms with Gasteiger partial charge in [-0.25, -0.2) is 4.68 Å². The Kier molecular flexibility index (Phi) is 5.18. The van der Waals surface area contributed by atoms with E-state index in [0.717, 1.165) is 16.8 Å². The number of hydrogen-bond acceptors (Lipinski definition) is 5. The van der Waals surface area contributed by atoms with Crippen molar-refractivity contribution < 1.29 is 9.53 Å². The molecule has 1 aromatic carbocycles. The van der Waals surface area contributed by atoms with Crippen molar-refractivity contribution in [2.24, 2.45) is 5.92 Å². The lowest BCUT2D eigenvalue weighted by Crippen LogP contribution is -2.17. The monoisotopic (exact) mass is 336 g/mol. The minimum Gasteiger partial charge on any atom is -0.464 e. The number of nitrogens with zero attached hydrogens (tertiary/aromatic N) is 4. The van der Waals surface area contributed by atoms with Gasteiger partial charge in [-0.15, -0.1) is 5.10 Å². The molecule has 3 rings (SSSR count). The minimum atomic E-state index is -0.322. The van der Waals surface area contributed by atoms with Gasteiger partial charge in [0.05, 0.1) is 12.3 Å². The highest BCUT2D eigenvalue weighted by molar-refractivity contribution is 5.79. The van der Waals surface area contributed by atoms with E-state index in [1.807, 2.05) is 56.3 Å². The van der Waals surface area contributed by atoms with E-state index >= 15 is 0 Å². The molecule has 0 radical (unpaired) electrons. The summed E-state index contributed by atoms with van der Waals surface area (Å²) in [6.45, 7) is 4.42. The highest BCUT2D eigenvalue weighted by Crippen LogP contribution is 2.29. The normalized spacial score (nSPS) is 10.8. The second-order valence-corrected chi connectivity index (χ2v) is 6.12. The van der Waals surface area contributed by atoms with Crippen LogP contribution in [0.15, 0.2) is 54.9 Å². The predicted molar refractivity (Wildman–Crippen MR) is 94.5 cm³/mol. The van der Waals surface area contributed by atoms with E-state index in [1.165, 1.54) is 0 Å². The Morgan fingerprint density at radius 2 is 1.80 bits per heavy atom. The molecule has 0 aliphatic carbocycles. The predicted octanol–water partition coefficient (Wildman–Crippen LogP) is 3.21. The molecule has 0 N–H and O–H groups in total. The van der Waals surface area contributed by atoms with Crippen LogP contribution in [-0.2, 0) is 16.1 Å². The molecule has 0 amide bonds. The van der Waals surface area contributed by atoms with Crippen molar-refractivity contribution in [3.8, 4) is 22.5 Å². The van der Waals surface area contributed by atoms with Crippen LogP contribution in [0.4, 0.5) is 0 Å². The number of benzene rings is 1. The summed E-state index contributed by atoms with van der Waals surface area (Å²) in [5, 5.41) is 8.47. The van der Waals surface area contributed by atoms with Crippen LogP contribution in [0.5, 0.6) is 0 Å². The van der Waals surface area contributed by atoms with Crippen molar-refractivity contribution in [3.63, 3.8) is 0 Å². The minimum absolute atomic E-state index is 0.0228. The van der Waals surface area contributed by atoms with Crippen LogP contribution in [-0.4, -0.2) is 32.6 Å². The van der Waals surface area contributed by atoms with Crippen molar-refractivity contribution in [1.29, 1.82) is 0 Å². The third-order valence-corrected chi connectivity index (χ3v) is 3.59. The lowest BCUT2D eigenvalue weighted by Gasteiger charge is -2.10. The number of aromatic nitrogens is 4. The summed E-state index contributed by atoms with van der Waals surface area (Å²) >= 11 is 0. The number of hydrogen-bond donors (Lipinski definition) is 0. The Labute approximate surface area is 146 Å². The summed E-state index contributed by atoms with van der Waals surface area (Å²) in [5.74, 6) is -0.0299. The van der Waals surface area contributed by atoms with Gasteiger partial charge in [-0.2, -0.15) is 0 Å². The topological polar surface area (TPSA) is 69.9 Å². The van der Waals surface area contributed by atoms with Gasteiger partial charge in [0.2, 0.25) is 0 Å². The number of carbonyl (C=O) groups excluding carboxylic acids is 1. The van der Waals surface area contributed by atoms with Gasteiger partial charge < -0.3 is 4.74 Å². The second kappa shape index (κ2) is 7.70. The summed E-state index contributed by atoms with van der Waals surface area (Å²) in [5.41, 5.74) is 3.34. The van der Waals surface area contributed by atoms with Gasteiger partial charge in [-0.05, 0) is 18.1 Å². The fourth-order valence-electron chi connectivity index (χ4n) is 2.44. The average Bonchev–Trinajstić information content (AvgIpc) is 3.05. The lowest BCUT2D eigenvalue weighted by molar-refractivity contribution is -0.145. The summed E-state index contributed by atoms with van der Waals surface area (Å²) in [4.78, 5) is 16.2.